The van der Waals surface area contributed by atoms with Crippen molar-refractivity contribution in [2.24, 2.45) is 0 Å². The smallest absolute Gasteiger partial charge is 0.251 e. The lowest BCUT2D eigenvalue weighted by Crippen LogP contribution is -2.42. The summed E-state index contributed by atoms with van der Waals surface area (Å²) in [6.07, 6.45) is 2.27. The molecule has 0 saturated carbocycles. The quantitative estimate of drug-likeness (QED) is 0.278. The van der Waals surface area contributed by atoms with Gasteiger partial charge in [0.15, 0.2) is 17.3 Å². The lowest BCUT2D eigenvalue weighted by molar-refractivity contribution is -0.129. The number of anilines is 2. The number of nitrogens with one attached hydrogen (secondary N) is 1. The van der Waals surface area contributed by atoms with Crippen molar-refractivity contribution in [3.63, 3.8) is 0 Å². The molecule has 1 unspecified atom stereocenters. The Hall–Kier alpha value is -3.50. The summed E-state index contributed by atoms with van der Waals surface area (Å²) in [4.78, 5) is 22.8. The van der Waals surface area contributed by atoms with Crippen LogP contribution in [0.4, 0.5) is 20.3 Å². The van der Waals surface area contributed by atoms with Crippen molar-refractivity contribution in [3.05, 3.63) is 59.4 Å². The molecule has 0 spiro atoms. The number of ether oxygens (including phenoxy) is 3. The maximum Gasteiger partial charge on any atom is 0.251 e. The zero-order chi connectivity index (χ0) is 25.4. The van der Waals surface area contributed by atoms with Crippen LogP contribution < -0.4 is 14.8 Å². The first-order valence-corrected chi connectivity index (χ1v) is 11.7. The Bertz CT molecular complexity index is 1340. The van der Waals surface area contributed by atoms with Crippen molar-refractivity contribution < 1.29 is 27.8 Å². The van der Waals surface area contributed by atoms with E-state index >= 15 is 0 Å². The molecule has 2 fully saturated rings. The second-order valence-electron chi connectivity index (χ2n) is 8.55. The molecule has 1 atom stereocenters. The fourth-order valence-electron chi connectivity index (χ4n) is 4.11. The van der Waals surface area contributed by atoms with Gasteiger partial charge < -0.3 is 24.4 Å². The van der Waals surface area contributed by atoms with Gasteiger partial charge in [-0.2, -0.15) is 0 Å². The number of nitrogens with zero attached hydrogens (tertiary/aromatic N) is 3. The summed E-state index contributed by atoms with van der Waals surface area (Å²) >= 11 is 5.71. The number of carbonyl (C=O) groups is 1. The Kier molecular flexibility index (Phi) is 6.63. The number of carbonyl (C=O) groups excluding carboxylic acids is 1. The van der Waals surface area contributed by atoms with E-state index in [0.717, 1.165) is 6.07 Å². The van der Waals surface area contributed by atoms with Crippen LogP contribution >= 0.6 is 11.6 Å². The zero-order valence-electron chi connectivity index (χ0n) is 19.4. The minimum atomic E-state index is -0.925. The van der Waals surface area contributed by atoms with Crippen molar-refractivity contribution in [2.45, 2.75) is 25.0 Å². The standard InChI is InChI=1S/C25H23ClF2N4O4/c1-13(21-11-35-21)25(33)32-7-5-14(6-8-32)36-20-9-15-18(10-19(20)34-2)29-12-30-24(15)31-17-4-3-16(27)22(26)23(17)28/h3-4,9-10,12,14,21H,1,5-8,11H2,2H3,(H,29,30,31). The van der Waals surface area contributed by atoms with Crippen molar-refractivity contribution in [1.82, 2.24) is 14.9 Å². The van der Waals surface area contributed by atoms with E-state index in [1.165, 1.54) is 19.5 Å². The van der Waals surface area contributed by atoms with Crippen LogP contribution in [0.25, 0.3) is 10.9 Å². The van der Waals surface area contributed by atoms with Crippen LogP contribution in [0.3, 0.4) is 0 Å². The van der Waals surface area contributed by atoms with Crippen molar-refractivity contribution in [1.29, 1.82) is 0 Å². The lowest BCUT2D eigenvalue weighted by Gasteiger charge is -2.32. The number of amides is 1. The highest BCUT2D eigenvalue weighted by atomic mass is 35.5. The molecule has 5 rings (SSSR count). The largest absolute Gasteiger partial charge is 0.493 e. The number of fused-ring (bicyclic) bond motifs is 1. The number of rotatable bonds is 7. The number of likely N-dealkylation sites (tertiary alicyclic amines) is 1. The minimum Gasteiger partial charge on any atom is -0.493 e. The van der Waals surface area contributed by atoms with Crippen LogP contribution in [0.1, 0.15) is 12.8 Å². The normalized spacial score (nSPS) is 17.7. The van der Waals surface area contributed by atoms with E-state index in [4.69, 9.17) is 25.8 Å². The number of halogens is 3. The molecular formula is C25H23ClF2N4O4. The average Bonchev–Trinajstić information content (AvgIpc) is 3.74. The third kappa shape index (κ3) is 4.78. The second kappa shape index (κ2) is 9.87. The molecule has 3 aromatic rings. The van der Waals surface area contributed by atoms with E-state index in [1.54, 1.807) is 17.0 Å². The van der Waals surface area contributed by atoms with E-state index in [1.807, 2.05) is 0 Å². The molecular weight excluding hydrogens is 494 g/mol. The van der Waals surface area contributed by atoms with Crippen LogP contribution in [0, 0.1) is 11.6 Å². The van der Waals surface area contributed by atoms with Crippen molar-refractivity contribution >= 4 is 39.9 Å². The van der Waals surface area contributed by atoms with E-state index in [-0.39, 0.29) is 29.6 Å². The number of hydrogen-bond donors (Lipinski definition) is 1. The summed E-state index contributed by atoms with van der Waals surface area (Å²) in [5.74, 6) is -0.645. The maximum absolute atomic E-state index is 14.5. The summed E-state index contributed by atoms with van der Waals surface area (Å²) in [6, 6.07) is 5.72. The van der Waals surface area contributed by atoms with E-state index in [9.17, 15) is 13.6 Å². The number of benzene rings is 2. The van der Waals surface area contributed by atoms with Crippen LogP contribution in [0.5, 0.6) is 11.5 Å². The summed E-state index contributed by atoms with van der Waals surface area (Å²) < 4.78 is 45.0. The number of epoxide rings is 1. The minimum absolute atomic E-state index is 0.0325. The van der Waals surface area contributed by atoms with E-state index < -0.39 is 16.7 Å². The predicted molar refractivity (Wildman–Crippen MR) is 130 cm³/mol. The molecule has 8 nitrogen and oxygen atoms in total. The molecule has 0 bridgehead atoms. The van der Waals surface area contributed by atoms with Gasteiger partial charge in [0.05, 0.1) is 24.9 Å². The molecule has 2 aliphatic heterocycles. The Balaban J connectivity index is 1.36. The molecule has 1 aromatic heterocycles. The van der Waals surface area contributed by atoms with Gasteiger partial charge in [0.1, 0.15) is 35.2 Å². The molecule has 188 valence electrons. The highest BCUT2D eigenvalue weighted by Crippen LogP contribution is 2.37. The van der Waals surface area contributed by atoms with Crippen LogP contribution in [0.15, 0.2) is 42.7 Å². The summed E-state index contributed by atoms with van der Waals surface area (Å²) in [7, 11) is 1.52. The van der Waals surface area contributed by atoms with Gasteiger partial charge in [-0.15, -0.1) is 0 Å². The fourth-order valence-corrected chi connectivity index (χ4v) is 4.28. The van der Waals surface area contributed by atoms with Crippen LogP contribution in [0.2, 0.25) is 5.02 Å². The molecule has 2 saturated heterocycles. The summed E-state index contributed by atoms with van der Waals surface area (Å²) in [6.45, 7) is 5.47. The van der Waals surface area contributed by atoms with E-state index in [0.29, 0.717) is 60.5 Å². The van der Waals surface area contributed by atoms with Crippen LogP contribution in [-0.2, 0) is 9.53 Å². The predicted octanol–water partition coefficient (Wildman–Crippen LogP) is 4.64. The van der Waals surface area contributed by atoms with Gasteiger partial charge in [-0.25, -0.2) is 18.7 Å². The Morgan fingerprint density at radius 1 is 1.22 bits per heavy atom. The SMILES string of the molecule is C=C(C(=O)N1CCC(Oc2cc3c(Nc4ccc(F)c(Cl)c4F)ncnc3cc2OC)CC1)C1CO1. The third-order valence-corrected chi connectivity index (χ3v) is 6.57. The molecule has 11 heteroatoms. The molecule has 36 heavy (non-hydrogen) atoms. The van der Waals surface area contributed by atoms with Gasteiger partial charge in [0.2, 0.25) is 0 Å². The fraction of sp³-hybridized carbons (Fsp3) is 0.320. The zero-order valence-corrected chi connectivity index (χ0v) is 20.1. The molecule has 2 aromatic carbocycles. The third-order valence-electron chi connectivity index (χ3n) is 6.23. The van der Waals surface area contributed by atoms with Gasteiger partial charge in [-0.1, -0.05) is 18.2 Å². The average molecular weight is 517 g/mol. The number of piperidine rings is 1. The van der Waals surface area contributed by atoms with Gasteiger partial charge in [-0.05, 0) is 18.2 Å². The molecule has 0 radical (unpaired) electrons. The second-order valence-corrected chi connectivity index (χ2v) is 8.92. The lowest BCUT2D eigenvalue weighted by atomic mass is 10.1. The highest BCUT2D eigenvalue weighted by Gasteiger charge is 2.34. The number of methoxy groups -OCH3 is 1. The summed E-state index contributed by atoms with van der Waals surface area (Å²) in [5.41, 5.74) is 0.992. The highest BCUT2D eigenvalue weighted by molar-refractivity contribution is 6.31. The van der Waals surface area contributed by atoms with Gasteiger partial charge >= 0.3 is 0 Å². The molecule has 0 aliphatic carbocycles. The maximum atomic E-state index is 14.5. The molecule has 3 heterocycles. The Morgan fingerprint density at radius 3 is 2.67 bits per heavy atom. The first-order valence-electron chi connectivity index (χ1n) is 11.3. The number of aromatic nitrogens is 2. The van der Waals surface area contributed by atoms with Gasteiger partial charge in [-0.3, -0.25) is 4.79 Å². The van der Waals surface area contributed by atoms with E-state index in [2.05, 4.69) is 21.9 Å². The molecule has 2 aliphatic rings. The van der Waals surface area contributed by atoms with Gasteiger partial charge in [0, 0.05) is 43.0 Å². The first kappa shape index (κ1) is 24.2. The molecule has 1 amide bonds. The topological polar surface area (TPSA) is 89.1 Å². The summed E-state index contributed by atoms with van der Waals surface area (Å²) in [5, 5.41) is 2.79. The van der Waals surface area contributed by atoms with Crippen molar-refractivity contribution in [2.75, 3.05) is 32.1 Å². The monoisotopic (exact) mass is 516 g/mol. The first-order chi connectivity index (χ1) is 17.4. The Labute approximate surface area is 210 Å². The van der Waals surface area contributed by atoms with Crippen LogP contribution in [-0.4, -0.2) is 59.8 Å². The number of hydrogen-bond acceptors (Lipinski definition) is 7. The van der Waals surface area contributed by atoms with Crippen molar-refractivity contribution in [3.8, 4) is 11.5 Å². The molecule has 1 N–H and O–H groups in total. The Morgan fingerprint density at radius 2 is 1.97 bits per heavy atom. The van der Waals surface area contributed by atoms with Gasteiger partial charge in [0.25, 0.3) is 5.91 Å².